The summed E-state index contributed by atoms with van der Waals surface area (Å²) < 4.78 is 5.15. The highest BCUT2D eigenvalue weighted by molar-refractivity contribution is 4.88. The van der Waals surface area contributed by atoms with Gasteiger partial charge in [0.1, 0.15) is 6.10 Å². The first-order valence-corrected chi connectivity index (χ1v) is 2.88. The van der Waals surface area contributed by atoms with Gasteiger partial charge in [0.15, 0.2) is 0 Å². The SMILES string of the molecule is C[C@H]1CC[C@H](C#N)O1. The Kier molecular flexibility index (Phi) is 1.50. The van der Waals surface area contributed by atoms with Crippen LogP contribution in [0.1, 0.15) is 19.8 Å². The standard InChI is InChI=1S/C6H9NO/c1-5-2-3-6(4-7)8-5/h5-6H,2-3H2,1H3/t5-,6+/m0/s1. The molecule has 2 atom stereocenters. The van der Waals surface area contributed by atoms with E-state index in [1.807, 2.05) is 6.92 Å². The van der Waals surface area contributed by atoms with E-state index in [9.17, 15) is 0 Å². The van der Waals surface area contributed by atoms with Crippen LogP contribution in [0.15, 0.2) is 0 Å². The van der Waals surface area contributed by atoms with Gasteiger partial charge >= 0.3 is 0 Å². The van der Waals surface area contributed by atoms with Crippen LogP contribution in [0.25, 0.3) is 0 Å². The number of ether oxygens (including phenoxy) is 1. The Morgan fingerprint density at radius 3 is 2.62 bits per heavy atom. The number of hydrogen-bond donors (Lipinski definition) is 0. The van der Waals surface area contributed by atoms with Crippen molar-refractivity contribution in [1.29, 1.82) is 5.26 Å². The smallest absolute Gasteiger partial charge is 0.144 e. The first kappa shape index (κ1) is 5.58. The van der Waals surface area contributed by atoms with Crippen LogP contribution in [-0.4, -0.2) is 12.2 Å². The van der Waals surface area contributed by atoms with Crippen molar-refractivity contribution in [3.05, 3.63) is 0 Å². The maximum absolute atomic E-state index is 8.31. The lowest BCUT2D eigenvalue weighted by atomic mass is 10.2. The molecular weight excluding hydrogens is 102 g/mol. The minimum Gasteiger partial charge on any atom is -0.360 e. The second-order valence-electron chi connectivity index (χ2n) is 2.14. The highest BCUT2D eigenvalue weighted by Crippen LogP contribution is 2.17. The summed E-state index contributed by atoms with van der Waals surface area (Å²) in [4.78, 5) is 0. The normalized spacial score (nSPS) is 37.0. The van der Waals surface area contributed by atoms with Crippen molar-refractivity contribution in [3.8, 4) is 6.07 Å². The van der Waals surface area contributed by atoms with Gasteiger partial charge in [-0.05, 0) is 19.8 Å². The molecule has 2 heteroatoms. The topological polar surface area (TPSA) is 33.0 Å². The Hall–Kier alpha value is -0.550. The molecule has 1 saturated heterocycles. The zero-order valence-electron chi connectivity index (χ0n) is 4.92. The Labute approximate surface area is 49.1 Å². The highest BCUT2D eigenvalue weighted by Gasteiger charge is 2.20. The molecule has 0 radical (unpaired) electrons. The molecule has 0 amide bonds. The van der Waals surface area contributed by atoms with Crippen LogP contribution in [0.3, 0.4) is 0 Å². The molecular formula is C6H9NO. The molecule has 1 rings (SSSR count). The quantitative estimate of drug-likeness (QED) is 0.468. The van der Waals surface area contributed by atoms with Gasteiger partial charge in [0.05, 0.1) is 12.2 Å². The summed E-state index contributed by atoms with van der Waals surface area (Å²) in [6.07, 6.45) is 2.14. The maximum Gasteiger partial charge on any atom is 0.144 e. The van der Waals surface area contributed by atoms with Crippen LogP contribution < -0.4 is 0 Å². The van der Waals surface area contributed by atoms with E-state index in [0.717, 1.165) is 12.8 Å². The first-order valence-electron chi connectivity index (χ1n) is 2.88. The van der Waals surface area contributed by atoms with E-state index in [1.165, 1.54) is 0 Å². The molecule has 44 valence electrons. The van der Waals surface area contributed by atoms with Crippen molar-refractivity contribution < 1.29 is 4.74 Å². The molecule has 1 aliphatic heterocycles. The van der Waals surface area contributed by atoms with Gasteiger partial charge in [0.25, 0.3) is 0 Å². The summed E-state index contributed by atoms with van der Waals surface area (Å²) in [5, 5.41) is 8.31. The summed E-state index contributed by atoms with van der Waals surface area (Å²) in [6, 6.07) is 2.07. The third kappa shape index (κ3) is 0.988. The minimum absolute atomic E-state index is 0.120. The lowest BCUT2D eigenvalue weighted by Gasteiger charge is -1.99. The average molecular weight is 111 g/mol. The van der Waals surface area contributed by atoms with Gasteiger partial charge in [-0.25, -0.2) is 0 Å². The minimum atomic E-state index is -0.120. The van der Waals surface area contributed by atoms with E-state index in [1.54, 1.807) is 0 Å². The first-order chi connectivity index (χ1) is 3.83. The summed E-state index contributed by atoms with van der Waals surface area (Å²) >= 11 is 0. The molecule has 1 aliphatic rings. The molecule has 0 aliphatic carbocycles. The van der Waals surface area contributed by atoms with Crippen LogP contribution in [0.5, 0.6) is 0 Å². The second-order valence-corrected chi connectivity index (χ2v) is 2.14. The van der Waals surface area contributed by atoms with E-state index in [0.29, 0.717) is 6.10 Å². The Morgan fingerprint density at radius 2 is 2.38 bits per heavy atom. The Bertz CT molecular complexity index is 116. The summed E-state index contributed by atoms with van der Waals surface area (Å²) in [7, 11) is 0. The Morgan fingerprint density at radius 1 is 1.62 bits per heavy atom. The van der Waals surface area contributed by atoms with Gasteiger partial charge in [-0.15, -0.1) is 0 Å². The van der Waals surface area contributed by atoms with E-state index in [4.69, 9.17) is 10.00 Å². The molecule has 1 fully saturated rings. The lowest BCUT2D eigenvalue weighted by Crippen LogP contribution is -2.03. The molecule has 1 heterocycles. The zero-order valence-corrected chi connectivity index (χ0v) is 4.92. The molecule has 0 saturated carbocycles. The van der Waals surface area contributed by atoms with Gasteiger partial charge in [0.2, 0.25) is 0 Å². The zero-order chi connectivity index (χ0) is 5.98. The highest BCUT2D eigenvalue weighted by atomic mass is 16.5. The molecule has 0 unspecified atom stereocenters. The van der Waals surface area contributed by atoms with Gasteiger partial charge in [-0.3, -0.25) is 0 Å². The fraction of sp³-hybridized carbons (Fsp3) is 0.833. The van der Waals surface area contributed by atoms with Crippen LogP contribution in [0.4, 0.5) is 0 Å². The largest absolute Gasteiger partial charge is 0.360 e. The third-order valence-electron chi connectivity index (χ3n) is 1.38. The van der Waals surface area contributed by atoms with Crippen LogP contribution in [0.2, 0.25) is 0 Å². The fourth-order valence-corrected chi connectivity index (χ4v) is 0.898. The summed E-state index contributed by atoms with van der Waals surface area (Å²) in [5.41, 5.74) is 0. The maximum atomic E-state index is 8.31. The number of hydrogen-bond acceptors (Lipinski definition) is 2. The molecule has 0 N–H and O–H groups in total. The van der Waals surface area contributed by atoms with Crippen molar-refractivity contribution in [3.63, 3.8) is 0 Å². The Balaban J connectivity index is 2.35. The molecule has 0 bridgehead atoms. The summed E-state index contributed by atoms with van der Waals surface area (Å²) in [5.74, 6) is 0. The lowest BCUT2D eigenvalue weighted by molar-refractivity contribution is 0.0874. The van der Waals surface area contributed by atoms with Crippen LogP contribution >= 0.6 is 0 Å². The fourth-order valence-electron chi connectivity index (χ4n) is 0.898. The van der Waals surface area contributed by atoms with Crippen LogP contribution in [0, 0.1) is 11.3 Å². The van der Waals surface area contributed by atoms with E-state index in [-0.39, 0.29) is 6.10 Å². The van der Waals surface area contributed by atoms with Crippen molar-refractivity contribution in [2.45, 2.75) is 32.0 Å². The van der Waals surface area contributed by atoms with Crippen molar-refractivity contribution in [2.75, 3.05) is 0 Å². The molecule has 8 heavy (non-hydrogen) atoms. The van der Waals surface area contributed by atoms with Gasteiger partial charge < -0.3 is 4.74 Å². The van der Waals surface area contributed by atoms with Crippen LogP contribution in [-0.2, 0) is 4.74 Å². The molecule has 2 nitrogen and oxygen atoms in total. The predicted octanol–water partition coefficient (Wildman–Crippen LogP) is 1.08. The van der Waals surface area contributed by atoms with Crippen molar-refractivity contribution in [1.82, 2.24) is 0 Å². The van der Waals surface area contributed by atoms with Crippen molar-refractivity contribution in [2.24, 2.45) is 0 Å². The number of nitriles is 1. The van der Waals surface area contributed by atoms with Crippen molar-refractivity contribution >= 4 is 0 Å². The van der Waals surface area contributed by atoms with Gasteiger partial charge in [-0.1, -0.05) is 0 Å². The van der Waals surface area contributed by atoms with E-state index in [2.05, 4.69) is 6.07 Å². The monoisotopic (exact) mass is 111 g/mol. The predicted molar refractivity (Wildman–Crippen MR) is 29.2 cm³/mol. The number of rotatable bonds is 0. The molecule has 0 aromatic rings. The molecule has 0 aromatic heterocycles. The third-order valence-corrected chi connectivity index (χ3v) is 1.38. The van der Waals surface area contributed by atoms with Gasteiger partial charge in [-0.2, -0.15) is 5.26 Å². The molecule has 0 aromatic carbocycles. The second kappa shape index (κ2) is 2.15. The van der Waals surface area contributed by atoms with Gasteiger partial charge in [0, 0.05) is 0 Å². The average Bonchev–Trinajstić information content (AvgIpc) is 2.14. The molecule has 0 spiro atoms. The van der Waals surface area contributed by atoms with E-state index >= 15 is 0 Å². The van der Waals surface area contributed by atoms with E-state index < -0.39 is 0 Å². The number of nitrogens with zero attached hydrogens (tertiary/aromatic N) is 1. The summed E-state index contributed by atoms with van der Waals surface area (Å²) in [6.45, 7) is 2.00.